The van der Waals surface area contributed by atoms with Gasteiger partial charge < -0.3 is 14.8 Å². The molecule has 0 saturated carbocycles. The fraction of sp³-hybridized carbons (Fsp3) is 0.520. The van der Waals surface area contributed by atoms with Crippen molar-refractivity contribution in [2.24, 2.45) is 10.8 Å². The Balaban J connectivity index is 1.97. The van der Waals surface area contributed by atoms with E-state index in [1.54, 1.807) is 14.2 Å². The molecule has 2 aliphatic carbocycles. The van der Waals surface area contributed by atoms with Crippen molar-refractivity contribution in [3.8, 4) is 11.5 Å². The summed E-state index contributed by atoms with van der Waals surface area (Å²) in [6.45, 7) is 8.00. The number of allylic oxidation sites excluding steroid dienone is 4. The van der Waals surface area contributed by atoms with Crippen LogP contribution < -0.4 is 14.8 Å². The van der Waals surface area contributed by atoms with E-state index in [0.29, 0.717) is 11.5 Å². The van der Waals surface area contributed by atoms with Gasteiger partial charge in [-0.2, -0.15) is 0 Å². The molecule has 30 heavy (non-hydrogen) atoms. The first-order chi connectivity index (χ1) is 14.1. The maximum atomic E-state index is 13.6. The number of Topliss-reactive ketones (excluding diaryl/α,β-unsaturated/α-hetero) is 2. The van der Waals surface area contributed by atoms with Crippen LogP contribution in [0.1, 0.15) is 64.9 Å². The maximum Gasteiger partial charge on any atom is 0.167 e. The fourth-order valence-electron chi connectivity index (χ4n) is 4.90. The predicted molar refractivity (Wildman–Crippen MR) is 116 cm³/mol. The van der Waals surface area contributed by atoms with E-state index in [2.05, 4.69) is 5.32 Å². The molecule has 3 aliphatic rings. The Bertz CT molecular complexity index is 922. The molecule has 1 heterocycles. The van der Waals surface area contributed by atoms with E-state index in [0.717, 1.165) is 53.8 Å². The summed E-state index contributed by atoms with van der Waals surface area (Å²) in [7, 11) is 3.22. The third-order valence-corrected chi connectivity index (χ3v) is 6.96. The molecule has 5 nitrogen and oxygen atoms in total. The van der Waals surface area contributed by atoms with E-state index in [4.69, 9.17) is 9.47 Å². The normalized spacial score (nSPS) is 23.0. The lowest BCUT2D eigenvalue weighted by molar-refractivity contribution is -0.125. The molecule has 1 aliphatic heterocycles. The molecule has 1 aromatic carbocycles. The van der Waals surface area contributed by atoms with Crippen molar-refractivity contribution >= 4 is 11.6 Å². The molecule has 0 radical (unpaired) electrons. The van der Waals surface area contributed by atoms with Crippen molar-refractivity contribution in [1.29, 1.82) is 0 Å². The van der Waals surface area contributed by atoms with Crippen LogP contribution in [0.15, 0.2) is 40.7 Å². The number of methoxy groups -OCH3 is 2. The summed E-state index contributed by atoms with van der Waals surface area (Å²) in [6, 6.07) is 5.67. The molecule has 0 aromatic heterocycles. The first-order valence-corrected chi connectivity index (χ1v) is 10.6. The third kappa shape index (κ3) is 3.15. The second-order valence-electron chi connectivity index (χ2n) is 9.91. The molecule has 0 spiro atoms. The van der Waals surface area contributed by atoms with Crippen LogP contribution in [-0.2, 0) is 9.59 Å². The van der Waals surface area contributed by atoms with Crippen molar-refractivity contribution < 1.29 is 19.1 Å². The summed E-state index contributed by atoms with van der Waals surface area (Å²) < 4.78 is 11.0. The molecular formula is C25H31NO4. The van der Waals surface area contributed by atoms with E-state index in [-0.39, 0.29) is 11.6 Å². The SMILES string of the molecule is COc1cc(OC)cc(C2C3=C(CCC(C)(C)C3=O)NC3=C2C(=O)C(C)(C)CC3)c1. The fourth-order valence-corrected chi connectivity index (χ4v) is 4.90. The third-order valence-electron chi connectivity index (χ3n) is 6.96. The minimum Gasteiger partial charge on any atom is -0.497 e. The van der Waals surface area contributed by atoms with E-state index >= 15 is 0 Å². The molecule has 0 bridgehead atoms. The first kappa shape index (κ1) is 20.7. The van der Waals surface area contributed by atoms with Gasteiger partial charge in [0.1, 0.15) is 11.5 Å². The Hall–Kier alpha value is -2.56. The van der Waals surface area contributed by atoms with E-state index in [1.807, 2.05) is 45.9 Å². The number of rotatable bonds is 3. The molecule has 0 saturated heterocycles. The van der Waals surface area contributed by atoms with Crippen LogP contribution in [0.2, 0.25) is 0 Å². The quantitative estimate of drug-likeness (QED) is 0.785. The smallest absolute Gasteiger partial charge is 0.167 e. The Morgan fingerprint density at radius 1 is 0.800 bits per heavy atom. The molecule has 4 rings (SSSR count). The predicted octanol–water partition coefficient (Wildman–Crippen LogP) is 4.68. The number of hydrogen-bond donors (Lipinski definition) is 1. The van der Waals surface area contributed by atoms with Crippen molar-refractivity contribution in [1.82, 2.24) is 5.32 Å². The molecule has 0 atom stereocenters. The lowest BCUT2D eigenvalue weighted by atomic mass is 9.62. The summed E-state index contributed by atoms with van der Waals surface area (Å²) in [5.74, 6) is 1.13. The van der Waals surface area contributed by atoms with Gasteiger partial charge in [-0.25, -0.2) is 0 Å². The number of hydrogen-bond acceptors (Lipinski definition) is 5. The zero-order valence-electron chi connectivity index (χ0n) is 18.8. The highest BCUT2D eigenvalue weighted by Crippen LogP contribution is 2.51. The van der Waals surface area contributed by atoms with Crippen molar-refractivity contribution in [3.05, 3.63) is 46.3 Å². The second-order valence-corrected chi connectivity index (χ2v) is 9.91. The Morgan fingerprint density at radius 3 is 1.63 bits per heavy atom. The number of ether oxygens (including phenoxy) is 2. The highest BCUT2D eigenvalue weighted by atomic mass is 16.5. The van der Waals surface area contributed by atoms with Crippen LogP contribution >= 0.6 is 0 Å². The van der Waals surface area contributed by atoms with Crippen molar-refractivity contribution in [2.45, 2.75) is 59.3 Å². The molecule has 1 aromatic rings. The lowest BCUT2D eigenvalue weighted by Gasteiger charge is -2.44. The number of nitrogens with one attached hydrogen (secondary N) is 1. The standard InChI is InChI=1S/C25H31NO4/c1-24(2)9-7-17-20(22(24)27)19(14-11-15(29-5)13-16(12-14)30-6)21-18(26-17)8-10-25(3,4)23(21)28/h11-13,19,26H,7-10H2,1-6H3. The van der Waals surface area contributed by atoms with Crippen LogP contribution in [0.5, 0.6) is 11.5 Å². The highest BCUT2D eigenvalue weighted by Gasteiger charge is 2.48. The van der Waals surface area contributed by atoms with Crippen LogP contribution in [0, 0.1) is 10.8 Å². The second kappa shape index (κ2) is 7.00. The molecule has 160 valence electrons. The van der Waals surface area contributed by atoms with Gasteiger partial charge in [-0.1, -0.05) is 27.7 Å². The number of benzene rings is 1. The van der Waals surface area contributed by atoms with Gasteiger partial charge in [0.05, 0.1) is 14.2 Å². The topological polar surface area (TPSA) is 64.6 Å². The summed E-state index contributed by atoms with van der Waals surface area (Å²) in [4.78, 5) is 27.2. The number of carbonyl (C=O) groups is 2. The monoisotopic (exact) mass is 409 g/mol. The van der Waals surface area contributed by atoms with Crippen LogP contribution in [0.4, 0.5) is 0 Å². The molecule has 1 N–H and O–H groups in total. The minimum absolute atomic E-state index is 0.116. The van der Waals surface area contributed by atoms with E-state index < -0.39 is 16.7 Å². The summed E-state index contributed by atoms with van der Waals surface area (Å²) in [5.41, 5.74) is 3.36. The average molecular weight is 410 g/mol. The zero-order chi connectivity index (χ0) is 21.8. The van der Waals surface area contributed by atoms with Gasteiger partial charge in [0.2, 0.25) is 0 Å². The van der Waals surface area contributed by atoms with E-state index in [9.17, 15) is 9.59 Å². The van der Waals surface area contributed by atoms with Gasteiger partial charge in [0.15, 0.2) is 11.6 Å². The van der Waals surface area contributed by atoms with Gasteiger partial charge in [0.25, 0.3) is 0 Å². The molecule has 0 fully saturated rings. The molecule has 0 amide bonds. The van der Waals surface area contributed by atoms with Gasteiger partial charge >= 0.3 is 0 Å². The van der Waals surface area contributed by atoms with Crippen LogP contribution in [0.25, 0.3) is 0 Å². The first-order valence-electron chi connectivity index (χ1n) is 10.6. The average Bonchev–Trinajstić information content (AvgIpc) is 2.72. The Morgan fingerprint density at radius 2 is 1.23 bits per heavy atom. The summed E-state index contributed by atoms with van der Waals surface area (Å²) in [6.07, 6.45) is 3.21. The van der Waals surface area contributed by atoms with Gasteiger partial charge in [-0.3, -0.25) is 9.59 Å². The number of ketones is 2. The van der Waals surface area contributed by atoms with Crippen LogP contribution in [-0.4, -0.2) is 25.8 Å². The van der Waals surface area contributed by atoms with Crippen LogP contribution in [0.3, 0.4) is 0 Å². The maximum absolute atomic E-state index is 13.6. The van der Waals surface area contributed by atoms with Gasteiger partial charge in [-0.15, -0.1) is 0 Å². The van der Waals surface area contributed by atoms with Crippen molar-refractivity contribution in [3.63, 3.8) is 0 Å². The summed E-state index contributed by atoms with van der Waals surface area (Å²) >= 11 is 0. The Labute approximate surface area is 178 Å². The lowest BCUT2D eigenvalue weighted by Crippen LogP contribution is -2.44. The van der Waals surface area contributed by atoms with Gasteiger partial charge in [-0.05, 0) is 43.4 Å². The molecule has 5 heteroatoms. The molecular weight excluding hydrogens is 378 g/mol. The molecule has 0 unspecified atom stereocenters. The number of carbonyl (C=O) groups excluding carboxylic acids is 2. The number of dihydropyridines is 1. The largest absolute Gasteiger partial charge is 0.497 e. The highest BCUT2D eigenvalue weighted by molar-refractivity contribution is 6.09. The van der Waals surface area contributed by atoms with E-state index in [1.165, 1.54) is 0 Å². The Kier molecular flexibility index (Phi) is 4.83. The van der Waals surface area contributed by atoms with Crippen molar-refractivity contribution in [2.75, 3.05) is 14.2 Å². The summed E-state index contributed by atoms with van der Waals surface area (Å²) in [5, 5.41) is 3.51. The zero-order valence-corrected chi connectivity index (χ0v) is 18.8. The van der Waals surface area contributed by atoms with Gasteiger partial charge in [0, 0.05) is 45.4 Å². The minimum atomic E-state index is -0.451.